The van der Waals surface area contributed by atoms with Gasteiger partial charge in [0.2, 0.25) is 5.91 Å². The van der Waals surface area contributed by atoms with Gasteiger partial charge in [-0.15, -0.1) is 0 Å². The molecule has 0 aliphatic rings. The van der Waals surface area contributed by atoms with Crippen LogP contribution in [0.15, 0.2) is 42.5 Å². The number of para-hydroxylation sites is 1. The molecule has 0 radical (unpaired) electrons. The zero-order valence-corrected chi connectivity index (χ0v) is 16.1. The normalized spacial score (nSPS) is 10.2. The largest absolute Gasteiger partial charge is 0.494 e. The summed E-state index contributed by atoms with van der Waals surface area (Å²) >= 11 is 0. The molecule has 0 aliphatic heterocycles. The van der Waals surface area contributed by atoms with E-state index in [4.69, 9.17) is 4.74 Å². The molecule has 2 rings (SSSR count). The fourth-order valence-corrected chi connectivity index (χ4v) is 2.69. The number of nitrogens with one attached hydrogen (secondary N) is 3. The van der Waals surface area contributed by atoms with Crippen LogP contribution in [0.3, 0.4) is 0 Å². The first-order chi connectivity index (χ1) is 13.0. The molecule has 2 aromatic rings. The number of hydrogen-bond donors (Lipinski definition) is 3. The van der Waals surface area contributed by atoms with Gasteiger partial charge in [0.25, 0.3) is 5.91 Å². The molecule has 2 amide bonds. The Balaban J connectivity index is 1.73. The van der Waals surface area contributed by atoms with Crippen LogP contribution in [0.25, 0.3) is 0 Å². The van der Waals surface area contributed by atoms with E-state index in [2.05, 4.69) is 16.2 Å². The number of aryl methyl sites for hydroxylation is 3. The highest BCUT2D eigenvalue weighted by Crippen LogP contribution is 2.19. The van der Waals surface area contributed by atoms with Crippen molar-refractivity contribution in [1.82, 2.24) is 10.9 Å². The number of amides is 2. The lowest BCUT2D eigenvalue weighted by atomic mass is 10.1. The second kappa shape index (κ2) is 10.2. The van der Waals surface area contributed by atoms with Gasteiger partial charge >= 0.3 is 0 Å². The predicted octanol–water partition coefficient (Wildman–Crippen LogP) is 2.89. The van der Waals surface area contributed by atoms with Gasteiger partial charge in [0.1, 0.15) is 5.75 Å². The molecular weight excluding hydrogens is 342 g/mol. The van der Waals surface area contributed by atoms with E-state index in [0.29, 0.717) is 13.0 Å². The summed E-state index contributed by atoms with van der Waals surface area (Å²) in [5, 5.41) is 3.06. The molecule has 6 heteroatoms. The van der Waals surface area contributed by atoms with Gasteiger partial charge in [-0.25, -0.2) is 0 Å². The molecule has 0 aromatic heterocycles. The van der Waals surface area contributed by atoms with Crippen molar-refractivity contribution in [3.8, 4) is 5.75 Å². The van der Waals surface area contributed by atoms with Gasteiger partial charge in [-0.1, -0.05) is 35.9 Å². The highest BCUT2D eigenvalue weighted by atomic mass is 16.5. The van der Waals surface area contributed by atoms with Crippen LogP contribution < -0.4 is 20.9 Å². The van der Waals surface area contributed by atoms with Gasteiger partial charge in [-0.2, -0.15) is 0 Å². The molecule has 0 saturated heterocycles. The molecule has 0 saturated carbocycles. The fourth-order valence-electron chi connectivity index (χ4n) is 2.69. The summed E-state index contributed by atoms with van der Waals surface area (Å²) in [5.74, 6) is 0.230. The minimum atomic E-state index is -0.307. The zero-order chi connectivity index (χ0) is 19.6. The highest BCUT2D eigenvalue weighted by Gasteiger charge is 2.08. The van der Waals surface area contributed by atoms with Crippen molar-refractivity contribution < 1.29 is 14.3 Å². The third-order valence-electron chi connectivity index (χ3n) is 4.06. The van der Waals surface area contributed by atoms with Gasteiger partial charge in [-0.05, 0) is 50.5 Å². The number of ether oxygens (including phenoxy) is 1. The minimum Gasteiger partial charge on any atom is -0.494 e. The van der Waals surface area contributed by atoms with E-state index in [-0.39, 0.29) is 24.8 Å². The SMILES string of the molecule is CCOc1ccccc1CCC(=O)NNC(=O)CNc1ccc(C)cc1C. The first-order valence-electron chi connectivity index (χ1n) is 9.09. The molecule has 27 heavy (non-hydrogen) atoms. The van der Waals surface area contributed by atoms with Crippen LogP contribution in [-0.4, -0.2) is 25.0 Å². The molecule has 3 N–H and O–H groups in total. The Bertz CT molecular complexity index is 790. The van der Waals surface area contributed by atoms with Crippen LogP contribution in [0, 0.1) is 13.8 Å². The van der Waals surface area contributed by atoms with Gasteiger partial charge in [-0.3, -0.25) is 20.4 Å². The van der Waals surface area contributed by atoms with E-state index in [0.717, 1.165) is 22.6 Å². The predicted molar refractivity (Wildman–Crippen MR) is 107 cm³/mol. The Labute approximate surface area is 160 Å². The van der Waals surface area contributed by atoms with Crippen molar-refractivity contribution in [2.24, 2.45) is 0 Å². The van der Waals surface area contributed by atoms with E-state index >= 15 is 0 Å². The summed E-state index contributed by atoms with van der Waals surface area (Å²) < 4.78 is 5.55. The van der Waals surface area contributed by atoms with Crippen LogP contribution in [0.5, 0.6) is 5.75 Å². The first-order valence-corrected chi connectivity index (χ1v) is 9.09. The third-order valence-corrected chi connectivity index (χ3v) is 4.06. The minimum absolute atomic E-state index is 0.0807. The second-order valence-electron chi connectivity index (χ2n) is 6.31. The molecule has 6 nitrogen and oxygen atoms in total. The van der Waals surface area contributed by atoms with Crippen molar-refractivity contribution in [2.75, 3.05) is 18.5 Å². The molecule has 0 unspecified atom stereocenters. The standard InChI is InChI=1S/C21H27N3O3/c1-4-27-19-8-6-5-7-17(19)10-12-20(25)23-24-21(26)14-22-18-11-9-15(2)13-16(18)3/h5-9,11,13,22H,4,10,12,14H2,1-3H3,(H,23,25)(H,24,26). The number of hydrazine groups is 1. The van der Waals surface area contributed by atoms with Crippen LogP contribution in [0.4, 0.5) is 5.69 Å². The van der Waals surface area contributed by atoms with E-state index in [1.807, 2.05) is 63.2 Å². The molecule has 2 aromatic carbocycles. The molecule has 144 valence electrons. The lowest BCUT2D eigenvalue weighted by Crippen LogP contribution is -2.44. The zero-order valence-electron chi connectivity index (χ0n) is 16.1. The molecule has 0 spiro atoms. The summed E-state index contributed by atoms with van der Waals surface area (Å²) in [5.41, 5.74) is 8.98. The topological polar surface area (TPSA) is 79.5 Å². The van der Waals surface area contributed by atoms with E-state index in [1.54, 1.807) is 0 Å². The molecule has 0 bridgehead atoms. The number of hydrogen-bond acceptors (Lipinski definition) is 4. The van der Waals surface area contributed by atoms with Crippen molar-refractivity contribution in [1.29, 1.82) is 0 Å². The van der Waals surface area contributed by atoms with Gasteiger partial charge in [0, 0.05) is 12.1 Å². The number of carbonyl (C=O) groups is 2. The molecule has 0 fully saturated rings. The van der Waals surface area contributed by atoms with Crippen LogP contribution in [0.1, 0.15) is 30.0 Å². The lowest BCUT2D eigenvalue weighted by molar-refractivity contribution is -0.128. The number of carbonyl (C=O) groups excluding carboxylic acids is 2. The van der Waals surface area contributed by atoms with Crippen molar-refractivity contribution >= 4 is 17.5 Å². The first kappa shape index (κ1) is 20.3. The Hall–Kier alpha value is -3.02. The summed E-state index contributed by atoms with van der Waals surface area (Å²) in [6, 6.07) is 13.6. The third kappa shape index (κ3) is 6.66. The quantitative estimate of drug-likeness (QED) is 0.625. The van der Waals surface area contributed by atoms with E-state index in [1.165, 1.54) is 5.56 Å². The van der Waals surface area contributed by atoms with E-state index in [9.17, 15) is 9.59 Å². The van der Waals surface area contributed by atoms with Crippen LogP contribution in [0.2, 0.25) is 0 Å². The number of rotatable bonds is 8. The molecule has 0 atom stereocenters. The maximum absolute atomic E-state index is 12.0. The van der Waals surface area contributed by atoms with E-state index < -0.39 is 0 Å². The summed E-state index contributed by atoms with van der Waals surface area (Å²) in [6.45, 7) is 6.58. The maximum Gasteiger partial charge on any atom is 0.257 e. The monoisotopic (exact) mass is 369 g/mol. The molecule has 0 heterocycles. The Kier molecular flexibility index (Phi) is 7.67. The van der Waals surface area contributed by atoms with Crippen LogP contribution >= 0.6 is 0 Å². The van der Waals surface area contributed by atoms with Gasteiger partial charge < -0.3 is 10.1 Å². The average molecular weight is 369 g/mol. The fraction of sp³-hybridized carbons (Fsp3) is 0.333. The number of anilines is 1. The van der Waals surface area contributed by atoms with Gasteiger partial charge in [0.15, 0.2) is 0 Å². The summed E-state index contributed by atoms with van der Waals surface area (Å²) in [4.78, 5) is 23.9. The summed E-state index contributed by atoms with van der Waals surface area (Å²) in [7, 11) is 0. The van der Waals surface area contributed by atoms with Crippen molar-refractivity contribution in [3.63, 3.8) is 0 Å². The Morgan fingerprint density at radius 2 is 1.74 bits per heavy atom. The van der Waals surface area contributed by atoms with Gasteiger partial charge in [0.05, 0.1) is 13.2 Å². The second-order valence-corrected chi connectivity index (χ2v) is 6.31. The number of benzene rings is 2. The van der Waals surface area contributed by atoms with Crippen LogP contribution in [-0.2, 0) is 16.0 Å². The average Bonchev–Trinajstić information content (AvgIpc) is 2.65. The Morgan fingerprint density at radius 1 is 1.00 bits per heavy atom. The lowest BCUT2D eigenvalue weighted by Gasteiger charge is -2.12. The smallest absolute Gasteiger partial charge is 0.257 e. The van der Waals surface area contributed by atoms with Crippen molar-refractivity contribution in [2.45, 2.75) is 33.6 Å². The molecule has 0 aliphatic carbocycles. The Morgan fingerprint density at radius 3 is 2.48 bits per heavy atom. The highest BCUT2D eigenvalue weighted by molar-refractivity contribution is 5.84. The maximum atomic E-state index is 12.0. The van der Waals surface area contributed by atoms with Crippen molar-refractivity contribution in [3.05, 3.63) is 59.2 Å². The molecular formula is C21H27N3O3. The summed E-state index contributed by atoms with van der Waals surface area (Å²) in [6.07, 6.45) is 0.799.